The molecule has 0 saturated carbocycles. The predicted molar refractivity (Wildman–Crippen MR) is 78.5 cm³/mol. The van der Waals surface area contributed by atoms with Crippen LogP contribution in [0.2, 0.25) is 0 Å². The number of aromatic nitrogens is 3. The molecule has 0 aliphatic heterocycles. The topological polar surface area (TPSA) is 96.9 Å². The van der Waals surface area contributed by atoms with Crippen LogP contribution in [0.3, 0.4) is 0 Å². The molecule has 0 amide bonds. The Hall–Kier alpha value is -1.74. The van der Waals surface area contributed by atoms with Gasteiger partial charge in [0.15, 0.2) is 5.03 Å². The Bertz CT molecular complexity index is 684. The maximum Gasteiger partial charge on any atom is 0.283 e. The van der Waals surface area contributed by atoms with Gasteiger partial charge in [-0.15, -0.1) is 0 Å². The number of hydrogen-bond donors (Lipinski definition) is 2. The van der Waals surface area contributed by atoms with Crippen LogP contribution in [0, 0.1) is 6.92 Å². The maximum absolute atomic E-state index is 12.3. The van der Waals surface area contributed by atoms with E-state index in [0.717, 1.165) is 18.0 Å². The normalized spacial score (nSPS) is 11.3. The number of nitrogens with one attached hydrogen (secondary N) is 2. The molecule has 0 aliphatic rings. The molecule has 2 heterocycles. The molecule has 0 radical (unpaired) electrons. The van der Waals surface area contributed by atoms with E-state index in [4.69, 9.17) is 0 Å². The molecule has 2 rings (SSSR count). The molecule has 2 aromatic heterocycles. The minimum Gasteiger partial charge on any atom is -0.383 e. The van der Waals surface area contributed by atoms with Gasteiger partial charge in [-0.3, -0.25) is 4.72 Å². The number of nitrogens with zero attached hydrogens (tertiary/aromatic N) is 3. The zero-order chi connectivity index (χ0) is 14.6. The Labute approximate surface area is 121 Å². The van der Waals surface area contributed by atoms with E-state index in [9.17, 15) is 8.42 Å². The average molecular weight is 313 g/mol. The number of aryl methyl sites for hydroxylation is 1. The van der Waals surface area contributed by atoms with Gasteiger partial charge in [0.2, 0.25) is 5.13 Å². The van der Waals surface area contributed by atoms with Gasteiger partial charge in [0, 0.05) is 24.3 Å². The van der Waals surface area contributed by atoms with E-state index in [2.05, 4.69) is 24.4 Å². The molecule has 0 aliphatic carbocycles. The second kappa shape index (κ2) is 6.14. The molecule has 9 heteroatoms. The Morgan fingerprint density at radius 3 is 2.85 bits per heavy atom. The van der Waals surface area contributed by atoms with Gasteiger partial charge in [0.1, 0.15) is 5.82 Å². The van der Waals surface area contributed by atoms with E-state index in [-0.39, 0.29) is 10.2 Å². The highest BCUT2D eigenvalue weighted by molar-refractivity contribution is 7.93. The van der Waals surface area contributed by atoms with Crippen LogP contribution in [0.15, 0.2) is 23.4 Å². The monoisotopic (exact) mass is 313 g/mol. The summed E-state index contributed by atoms with van der Waals surface area (Å²) in [7, 11) is -3.78. The lowest BCUT2D eigenvalue weighted by atomic mass is 10.4. The minimum absolute atomic E-state index is 0.0405. The first-order valence-electron chi connectivity index (χ1n) is 6.05. The lowest BCUT2D eigenvalue weighted by Gasteiger charge is -2.10. The Kier molecular flexibility index (Phi) is 4.50. The van der Waals surface area contributed by atoms with Gasteiger partial charge >= 0.3 is 0 Å². The van der Waals surface area contributed by atoms with Crippen molar-refractivity contribution in [3.63, 3.8) is 0 Å². The summed E-state index contributed by atoms with van der Waals surface area (Å²) in [5.74, 6) is 0.526. The van der Waals surface area contributed by atoms with Crippen molar-refractivity contribution in [3.05, 3.63) is 24.2 Å². The van der Waals surface area contributed by atoms with Crippen molar-refractivity contribution in [1.29, 1.82) is 0 Å². The summed E-state index contributed by atoms with van der Waals surface area (Å²) in [5, 5.41) is 3.24. The molecule has 2 N–H and O–H groups in total. The summed E-state index contributed by atoms with van der Waals surface area (Å²) >= 11 is 0.995. The molecular formula is C11H15N5O2S2. The number of pyridine rings is 1. The second-order valence-corrected chi connectivity index (χ2v) is 6.38. The van der Waals surface area contributed by atoms with E-state index in [0.29, 0.717) is 18.1 Å². The third-order valence-corrected chi connectivity index (χ3v) is 4.49. The molecule has 0 saturated heterocycles. The molecule has 0 bridgehead atoms. The highest BCUT2D eigenvalue weighted by Crippen LogP contribution is 2.22. The summed E-state index contributed by atoms with van der Waals surface area (Å²) in [5.41, 5.74) is 0.475. The summed E-state index contributed by atoms with van der Waals surface area (Å²) in [6.07, 6.45) is 2.33. The second-order valence-electron chi connectivity index (χ2n) is 4.04. The highest BCUT2D eigenvalue weighted by atomic mass is 32.2. The van der Waals surface area contributed by atoms with E-state index in [1.54, 1.807) is 19.1 Å². The van der Waals surface area contributed by atoms with Crippen LogP contribution in [-0.4, -0.2) is 29.3 Å². The average Bonchev–Trinajstić information content (AvgIpc) is 2.81. The van der Waals surface area contributed by atoms with Crippen LogP contribution in [0.4, 0.5) is 10.8 Å². The Balaban J connectivity index is 2.29. The van der Waals surface area contributed by atoms with Gasteiger partial charge in [-0.2, -0.15) is 12.8 Å². The molecule has 108 valence electrons. The van der Waals surface area contributed by atoms with Crippen molar-refractivity contribution >= 4 is 32.4 Å². The Morgan fingerprint density at radius 1 is 1.40 bits per heavy atom. The van der Waals surface area contributed by atoms with Crippen molar-refractivity contribution in [2.75, 3.05) is 16.6 Å². The molecule has 0 spiro atoms. The van der Waals surface area contributed by atoms with E-state index >= 15 is 0 Å². The molecule has 0 fully saturated rings. The first-order chi connectivity index (χ1) is 9.53. The summed E-state index contributed by atoms with van der Waals surface area (Å²) in [4.78, 5) is 7.93. The van der Waals surface area contributed by atoms with Gasteiger partial charge < -0.3 is 5.32 Å². The van der Waals surface area contributed by atoms with Gasteiger partial charge in [-0.25, -0.2) is 9.97 Å². The Morgan fingerprint density at radius 2 is 2.20 bits per heavy atom. The SMILES string of the molecule is CCCNc1cccnc1S(=O)(=O)Nc1nc(C)ns1. The van der Waals surface area contributed by atoms with Crippen LogP contribution < -0.4 is 10.0 Å². The van der Waals surface area contributed by atoms with Crippen LogP contribution in [0.1, 0.15) is 19.2 Å². The number of hydrogen-bond acceptors (Lipinski definition) is 7. The lowest BCUT2D eigenvalue weighted by Crippen LogP contribution is -2.17. The number of rotatable bonds is 6. The maximum atomic E-state index is 12.3. The summed E-state index contributed by atoms with van der Waals surface area (Å²) in [6.45, 7) is 4.37. The fraction of sp³-hybridized carbons (Fsp3) is 0.364. The van der Waals surface area contributed by atoms with Gasteiger partial charge in [0.05, 0.1) is 5.69 Å². The minimum atomic E-state index is -3.78. The largest absolute Gasteiger partial charge is 0.383 e. The zero-order valence-electron chi connectivity index (χ0n) is 11.1. The predicted octanol–water partition coefficient (Wildman–Crippen LogP) is 1.86. The van der Waals surface area contributed by atoms with Crippen molar-refractivity contribution in [3.8, 4) is 0 Å². The van der Waals surface area contributed by atoms with Crippen molar-refractivity contribution in [2.24, 2.45) is 0 Å². The van der Waals surface area contributed by atoms with Crippen LogP contribution in [0.5, 0.6) is 0 Å². The van der Waals surface area contributed by atoms with Gasteiger partial charge in [-0.1, -0.05) is 6.92 Å². The van der Waals surface area contributed by atoms with E-state index in [1.165, 1.54) is 6.20 Å². The van der Waals surface area contributed by atoms with E-state index < -0.39 is 10.0 Å². The number of sulfonamides is 1. The molecule has 0 atom stereocenters. The van der Waals surface area contributed by atoms with Crippen molar-refractivity contribution in [2.45, 2.75) is 25.3 Å². The molecular weight excluding hydrogens is 298 g/mol. The quantitative estimate of drug-likeness (QED) is 0.845. The lowest BCUT2D eigenvalue weighted by molar-refractivity contribution is 0.598. The van der Waals surface area contributed by atoms with Crippen LogP contribution in [0.25, 0.3) is 0 Å². The highest BCUT2D eigenvalue weighted by Gasteiger charge is 2.21. The van der Waals surface area contributed by atoms with Gasteiger partial charge in [0.25, 0.3) is 10.0 Å². The molecule has 0 unspecified atom stereocenters. The smallest absolute Gasteiger partial charge is 0.283 e. The zero-order valence-corrected chi connectivity index (χ0v) is 12.8. The summed E-state index contributed by atoms with van der Waals surface area (Å²) in [6, 6.07) is 3.37. The van der Waals surface area contributed by atoms with Gasteiger partial charge in [-0.05, 0) is 25.5 Å². The first kappa shape index (κ1) is 14.7. The van der Waals surface area contributed by atoms with Crippen molar-refractivity contribution in [1.82, 2.24) is 14.3 Å². The van der Waals surface area contributed by atoms with Crippen LogP contribution in [-0.2, 0) is 10.0 Å². The van der Waals surface area contributed by atoms with E-state index in [1.807, 2.05) is 6.92 Å². The van der Waals surface area contributed by atoms with Crippen LogP contribution >= 0.6 is 11.5 Å². The fourth-order valence-electron chi connectivity index (χ4n) is 1.50. The standard InChI is InChI=1S/C11H15N5O2S2/c1-3-6-12-9-5-4-7-13-10(9)20(17,18)16-11-14-8(2)15-19-11/h4-5,7,12H,3,6H2,1-2H3,(H,14,15,16). The number of anilines is 2. The first-order valence-corrected chi connectivity index (χ1v) is 8.30. The molecule has 7 nitrogen and oxygen atoms in total. The third kappa shape index (κ3) is 3.42. The fourth-order valence-corrected chi connectivity index (χ4v) is 3.41. The summed E-state index contributed by atoms with van der Waals surface area (Å²) < 4.78 is 31.0. The van der Waals surface area contributed by atoms with Crippen molar-refractivity contribution < 1.29 is 8.42 Å². The third-order valence-electron chi connectivity index (χ3n) is 2.34. The molecule has 2 aromatic rings. The molecule has 20 heavy (non-hydrogen) atoms. The molecule has 0 aromatic carbocycles.